The highest BCUT2D eigenvalue weighted by molar-refractivity contribution is 5.91. The molecule has 0 atom stereocenters. The van der Waals surface area contributed by atoms with Crippen LogP contribution in [0.25, 0.3) is 0 Å². The van der Waals surface area contributed by atoms with E-state index >= 15 is 0 Å². The zero-order chi connectivity index (χ0) is 17.7. The summed E-state index contributed by atoms with van der Waals surface area (Å²) in [7, 11) is 0. The number of benzene rings is 2. The Morgan fingerprint density at radius 3 is 2.21 bits per heavy atom. The Bertz CT molecular complexity index is 721. The number of unbranched alkanes of at least 4 members (excludes halogenated alkanes) is 2. The number of halogens is 4. The lowest BCUT2D eigenvalue weighted by Gasteiger charge is -2.08. The molecule has 0 saturated heterocycles. The quantitative estimate of drug-likeness (QED) is 0.238. The molecule has 24 heavy (non-hydrogen) atoms. The second-order valence-electron chi connectivity index (χ2n) is 5.36. The van der Waals surface area contributed by atoms with Gasteiger partial charge in [0.05, 0.1) is 5.56 Å². The van der Waals surface area contributed by atoms with E-state index < -0.39 is 35.0 Å². The smallest absolute Gasteiger partial charge is 0.346 e. The highest BCUT2D eigenvalue weighted by Crippen LogP contribution is 2.21. The van der Waals surface area contributed by atoms with E-state index in [-0.39, 0.29) is 5.56 Å². The molecule has 0 N–H and O–H groups in total. The molecule has 0 bridgehead atoms. The summed E-state index contributed by atoms with van der Waals surface area (Å²) in [6.45, 7) is 2.06. The largest absolute Gasteiger partial charge is 0.423 e. The van der Waals surface area contributed by atoms with Gasteiger partial charge in [-0.15, -0.1) is 0 Å². The minimum Gasteiger partial charge on any atom is -0.423 e. The number of hydrogen-bond acceptors (Lipinski definition) is 2. The van der Waals surface area contributed by atoms with Crippen molar-refractivity contribution >= 4 is 5.97 Å². The first-order chi connectivity index (χ1) is 11.4. The molecule has 0 saturated carbocycles. The predicted octanol–water partition coefficient (Wildman–Crippen LogP) is 5.19. The fraction of sp³-hybridized carbons (Fsp3) is 0.278. The number of aryl methyl sites for hydroxylation is 1. The van der Waals surface area contributed by atoms with Gasteiger partial charge in [0, 0.05) is 12.1 Å². The Labute approximate surface area is 137 Å². The summed E-state index contributed by atoms with van der Waals surface area (Å²) in [5.74, 6) is -7.09. The highest BCUT2D eigenvalue weighted by Gasteiger charge is 2.17. The molecule has 0 unspecified atom stereocenters. The summed E-state index contributed by atoms with van der Waals surface area (Å²) >= 11 is 0. The molecule has 0 amide bonds. The van der Waals surface area contributed by atoms with Crippen molar-refractivity contribution in [2.75, 3.05) is 0 Å². The van der Waals surface area contributed by atoms with Crippen LogP contribution in [0.15, 0.2) is 30.3 Å². The molecule has 0 radical (unpaired) electrons. The van der Waals surface area contributed by atoms with E-state index in [2.05, 4.69) is 6.92 Å². The molecule has 0 aliphatic heterocycles. The third-order valence-corrected chi connectivity index (χ3v) is 3.49. The van der Waals surface area contributed by atoms with Crippen molar-refractivity contribution in [3.8, 4) is 5.75 Å². The van der Waals surface area contributed by atoms with E-state index in [9.17, 15) is 22.4 Å². The van der Waals surface area contributed by atoms with Gasteiger partial charge in [-0.3, -0.25) is 0 Å². The SMILES string of the molecule is CCCCCc1ccc(C(=O)Oc2cc(F)c(F)c(F)c2)c(F)c1. The van der Waals surface area contributed by atoms with Crippen LogP contribution < -0.4 is 4.74 Å². The van der Waals surface area contributed by atoms with E-state index in [0.717, 1.165) is 24.8 Å². The molecule has 6 heteroatoms. The van der Waals surface area contributed by atoms with Gasteiger partial charge in [0.2, 0.25) is 0 Å². The molecule has 128 valence electrons. The number of rotatable bonds is 6. The molecule has 0 aliphatic rings. The Morgan fingerprint density at radius 2 is 1.62 bits per heavy atom. The molecular formula is C18H16F4O2. The average Bonchev–Trinajstić information content (AvgIpc) is 2.52. The number of ether oxygens (including phenoxy) is 1. The summed E-state index contributed by atoms with van der Waals surface area (Å²) in [6, 6.07) is 5.13. The number of carbonyl (C=O) groups excluding carboxylic acids is 1. The number of carbonyl (C=O) groups is 1. The summed E-state index contributed by atoms with van der Waals surface area (Å²) in [6.07, 6.45) is 3.66. The first-order valence-electron chi connectivity index (χ1n) is 7.57. The first kappa shape index (κ1) is 18.0. The minimum absolute atomic E-state index is 0.362. The van der Waals surface area contributed by atoms with Crippen molar-refractivity contribution in [1.29, 1.82) is 0 Å². The zero-order valence-electron chi connectivity index (χ0n) is 13.0. The maximum atomic E-state index is 14.0. The molecule has 0 fully saturated rings. The molecule has 0 heterocycles. The van der Waals surface area contributed by atoms with Crippen LogP contribution in [0.4, 0.5) is 17.6 Å². The molecular weight excluding hydrogens is 324 g/mol. The van der Waals surface area contributed by atoms with Gasteiger partial charge < -0.3 is 4.74 Å². The predicted molar refractivity (Wildman–Crippen MR) is 80.9 cm³/mol. The second kappa shape index (κ2) is 7.95. The monoisotopic (exact) mass is 340 g/mol. The van der Waals surface area contributed by atoms with E-state index in [1.54, 1.807) is 6.07 Å². The molecule has 2 aromatic rings. The Morgan fingerprint density at radius 1 is 0.958 bits per heavy atom. The number of esters is 1. The van der Waals surface area contributed by atoms with Crippen molar-refractivity contribution in [3.05, 3.63) is 64.7 Å². The van der Waals surface area contributed by atoms with Crippen molar-refractivity contribution < 1.29 is 27.1 Å². The lowest BCUT2D eigenvalue weighted by molar-refractivity contribution is 0.0728. The third kappa shape index (κ3) is 4.34. The van der Waals surface area contributed by atoms with E-state index in [1.807, 2.05) is 0 Å². The van der Waals surface area contributed by atoms with Gasteiger partial charge >= 0.3 is 5.97 Å². The normalized spacial score (nSPS) is 10.7. The van der Waals surface area contributed by atoms with Crippen LogP contribution >= 0.6 is 0 Å². The second-order valence-corrected chi connectivity index (χ2v) is 5.36. The molecule has 0 aromatic heterocycles. The van der Waals surface area contributed by atoms with Crippen LogP contribution in [-0.4, -0.2) is 5.97 Å². The van der Waals surface area contributed by atoms with Crippen molar-refractivity contribution in [2.24, 2.45) is 0 Å². The Kier molecular flexibility index (Phi) is 5.95. The fourth-order valence-electron chi connectivity index (χ4n) is 2.21. The molecule has 2 nitrogen and oxygen atoms in total. The van der Waals surface area contributed by atoms with E-state index in [4.69, 9.17) is 4.74 Å². The van der Waals surface area contributed by atoms with Gasteiger partial charge in [-0.2, -0.15) is 0 Å². The summed E-state index contributed by atoms with van der Waals surface area (Å²) in [5, 5.41) is 0. The van der Waals surface area contributed by atoms with Crippen LogP contribution in [0.1, 0.15) is 42.1 Å². The van der Waals surface area contributed by atoms with E-state index in [0.29, 0.717) is 18.6 Å². The molecule has 0 spiro atoms. The summed E-state index contributed by atoms with van der Waals surface area (Å²) in [4.78, 5) is 11.9. The van der Waals surface area contributed by atoms with Gasteiger partial charge in [-0.25, -0.2) is 22.4 Å². The molecule has 2 rings (SSSR count). The lowest BCUT2D eigenvalue weighted by Crippen LogP contribution is -2.11. The van der Waals surface area contributed by atoms with Gasteiger partial charge in [0.25, 0.3) is 0 Å². The van der Waals surface area contributed by atoms with Gasteiger partial charge in [-0.1, -0.05) is 25.8 Å². The summed E-state index contributed by atoms with van der Waals surface area (Å²) < 4.78 is 57.8. The topological polar surface area (TPSA) is 26.3 Å². The van der Waals surface area contributed by atoms with Gasteiger partial charge in [0.15, 0.2) is 17.5 Å². The minimum atomic E-state index is -1.67. The summed E-state index contributed by atoms with van der Waals surface area (Å²) in [5.41, 5.74) is 0.385. The standard InChI is InChI=1S/C18H16F4O2/c1-2-3-4-5-11-6-7-13(14(19)8-11)18(23)24-12-9-15(20)17(22)16(21)10-12/h6-10H,2-5H2,1H3. The highest BCUT2D eigenvalue weighted by atomic mass is 19.2. The van der Waals surface area contributed by atoms with Crippen LogP contribution in [0.2, 0.25) is 0 Å². The van der Waals surface area contributed by atoms with Gasteiger partial charge in [0.1, 0.15) is 11.6 Å². The third-order valence-electron chi connectivity index (χ3n) is 3.49. The number of hydrogen-bond donors (Lipinski definition) is 0. The zero-order valence-corrected chi connectivity index (χ0v) is 13.0. The van der Waals surface area contributed by atoms with Crippen molar-refractivity contribution in [3.63, 3.8) is 0 Å². The van der Waals surface area contributed by atoms with Gasteiger partial charge in [-0.05, 0) is 30.5 Å². The van der Waals surface area contributed by atoms with Crippen LogP contribution in [0.3, 0.4) is 0 Å². The Balaban J connectivity index is 2.12. The molecule has 0 aliphatic carbocycles. The lowest BCUT2D eigenvalue weighted by atomic mass is 10.0. The molecule has 2 aromatic carbocycles. The van der Waals surface area contributed by atoms with E-state index in [1.165, 1.54) is 12.1 Å². The Hall–Kier alpha value is -2.37. The van der Waals surface area contributed by atoms with Crippen LogP contribution in [-0.2, 0) is 6.42 Å². The maximum absolute atomic E-state index is 14.0. The first-order valence-corrected chi connectivity index (χ1v) is 7.57. The van der Waals surface area contributed by atoms with Crippen LogP contribution in [0, 0.1) is 23.3 Å². The average molecular weight is 340 g/mol. The van der Waals surface area contributed by atoms with Crippen LogP contribution in [0.5, 0.6) is 5.75 Å². The fourth-order valence-corrected chi connectivity index (χ4v) is 2.21. The maximum Gasteiger partial charge on any atom is 0.346 e. The van der Waals surface area contributed by atoms with Crippen molar-refractivity contribution in [1.82, 2.24) is 0 Å². The van der Waals surface area contributed by atoms with Crippen molar-refractivity contribution in [2.45, 2.75) is 32.6 Å².